The second-order valence-corrected chi connectivity index (χ2v) is 5.05. The second kappa shape index (κ2) is 2.86. The summed E-state index contributed by atoms with van der Waals surface area (Å²) in [5, 5.41) is 0. The number of carbonyl (C=O) groups excluding carboxylic acids is 1. The average molecular weight is 242 g/mol. The van der Waals surface area contributed by atoms with Gasteiger partial charge in [0.1, 0.15) is 5.82 Å². The highest BCUT2D eigenvalue weighted by molar-refractivity contribution is 5.73. The number of aromatic nitrogens is 2. The standard InChI is InChI=1S/C11H9F3N2O/c12-11(13,14)10-4-9(5-10,6-10)8-15-1-7(3-17)2-16-8/h1-3H,4-6H2. The van der Waals surface area contributed by atoms with E-state index in [1.165, 1.54) is 12.4 Å². The molecule has 6 heteroatoms. The van der Waals surface area contributed by atoms with Gasteiger partial charge in [0.25, 0.3) is 0 Å². The molecule has 17 heavy (non-hydrogen) atoms. The quantitative estimate of drug-likeness (QED) is 0.747. The van der Waals surface area contributed by atoms with Crippen molar-refractivity contribution in [2.24, 2.45) is 5.41 Å². The zero-order chi connectivity index (χ0) is 12.3. The van der Waals surface area contributed by atoms with Crippen LogP contribution in [-0.2, 0) is 5.41 Å². The van der Waals surface area contributed by atoms with Gasteiger partial charge in [-0.15, -0.1) is 0 Å². The van der Waals surface area contributed by atoms with Gasteiger partial charge in [0.2, 0.25) is 0 Å². The summed E-state index contributed by atoms with van der Waals surface area (Å²) in [6.45, 7) is 0. The molecule has 0 aliphatic heterocycles. The molecule has 2 bridgehead atoms. The molecule has 1 heterocycles. The van der Waals surface area contributed by atoms with Crippen molar-refractivity contribution >= 4 is 6.29 Å². The fourth-order valence-corrected chi connectivity index (χ4v) is 3.00. The summed E-state index contributed by atoms with van der Waals surface area (Å²) < 4.78 is 37.9. The number of hydrogen-bond acceptors (Lipinski definition) is 3. The van der Waals surface area contributed by atoms with Crippen molar-refractivity contribution in [3.05, 3.63) is 23.8 Å². The third-order valence-corrected chi connectivity index (χ3v) is 3.91. The summed E-state index contributed by atoms with van der Waals surface area (Å²) in [6.07, 6.45) is -0.524. The molecule has 1 aromatic heterocycles. The number of hydrogen-bond donors (Lipinski definition) is 0. The summed E-state index contributed by atoms with van der Waals surface area (Å²) in [5.41, 5.74) is -1.64. The largest absolute Gasteiger partial charge is 0.394 e. The summed E-state index contributed by atoms with van der Waals surface area (Å²) in [5.74, 6) is 0.439. The molecule has 3 saturated carbocycles. The predicted octanol–water partition coefficient (Wildman–Crippen LogP) is 2.27. The van der Waals surface area contributed by atoms with Gasteiger partial charge in [-0.3, -0.25) is 4.79 Å². The van der Waals surface area contributed by atoms with E-state index in [4.69, 9.17) is 0 Å². The Morgan fingerprint density at radius 2 is 1.71 bits per heavy atom. The van der Waals surface area contributed by atoms with Crippen LogP contribution in [0.25, 0.3) is 0 Å². The Kier molecular flexibility index (Phi) is 1.80. The van der Waals surface area contributed by atoms with E-state index in [1.54, 1.807) is 0 Å². The van der Waals surface area contributed by atoms with Crippen molar-refractivity contribution in [2.45, 2.75) is 30.9 Å². The highest BCUT2D eigenvalue weighted by Gasteiger charge is 2.79. The van der Waals surface area contributed by atoms with Crippen molar-refractivity contribution in [3.63, 3.8) is 0 Å². The molecule has 90 valence electrons. The van der Waals surface area contributed by atoms with E-state index >= 15 is 0 Å². The summed E-state index contributed by atoms with van der Waals surface area (Å²) in [7, 11) is 0. The van der Waals surface area contributed by atoms with E-state index < -0.39 is 17.0 Å². The highest BCUT2D eigenvalue weighted by Crippen LogP contribution is 2.78. The number of rotatable bonds is 2. The molecular weight excluding hydrogens is 233 g/mol. The third kappa shape index (κ3) is 1.21. The topological polar surface area (TPSA) is 42.9 Å². The first-order chi connectivity index (χ1) is 7.91. The molecule has 0 radical (unpaired) electrons. The maximum Gasteiger partial charge on any atom is 0.394 e. The second-order valence-electron chi connectivity index (χ2n) is 5.05. The van der Waals surface area contributed by atoms with Crippen LogP contribution in [0.3, 0.4) is 0 Å². The molecule has 0 aromatic carbocycles. The van der Waals surface area contributed by atoms with Crippen LogP contribution < -0.4 is 0 Å². The third-order valence-electron chi connectivity index (χ3n) is 3.91. The molecule has 0 saturated heterocycles. The van der Waals surface area contributed by atoms with E-state index in [1.807, 2.05) is 0 Å². The number of carbonyl (C=O) groups is 1. The number of aldehydes is 1. The Hall–Kier alpha value is -1.46. The van der Waals surface area contributed by atoms with Gasteiger partial charge in [0.05, 0.1) is 11.0 Å². The van der Waals surface area contributed by atoms with Gasteiger partial charge in [-0.2, -0.15) is 13.2 Å². The van der Waals surface area contributed by atoms with Crippen molar-refractivity contribution in [1.29, 1.82) is 0 Å². The molecular formula is C11H9F3N2O. The normalized spacial score (nSPS) is 34.8. The van der Waals surface area contributed by atoms with E-state index in [0.29, 0.717) is 17.7 Å². The summed E-state index contributed by atoms with van der Waals surface area (Å²) in [4.78, 5) is 18.4. The first-order valence-electron chi connectivity index (χ1n) is 5.25. The lowest BCUT2D eigenvalue weighted by Crippen LogP contribution is -2.70. The van der Waals surface area contributed by atoms with Gasteiger partial charge >= 0.3 is 6.18 Å². The lowest BCUT2D eigenvalue weighted by atomic mass is 9.34. The summed E-state index contributed by atoms with van der Waals surface area (Å²) >= 11 is 0. The van der Waals surface area contributed by atoms with Crippen LogP contribution in [0.4, 0.5) is 13.2 Å². The van der Waals surface area contributed by atoms with Gasteiger partial charge in [-0.1, -0.05) is 0 Å². The predicted molar refractivity (Wildman–Crippen MR) is 51.4 cm³/mol. The molecule has 0 amide bonds. The molecule has 3 aliphatic rings. The van der Waals surface area contributed by atoms with Crippen LogP contribution in [0.2, 0.25) is 0 Å². The van der Waals surface area contributed by atoms with Crippen LogP contribution in [-0.4, -0.2) is 22.4 Å². The first kappa shape index (κ1) is 10.7. The monoisotopic (exact) mass is 242 g/mol. The Bertz CT molecular complexity index is 461. The maximum atomic E-state index is 12.6. The minimum atomic E-state index is -4.11. The molecule has 0 atom stereocenters. The van der Waals surface area contributed by atoms with Crippen LogP contribution in [0, 0.1) is 5.41 Å². The molecule has 3 nitrogen and oxygen atoms in total. The van der Waals surface area contributed by atoms with Crippen molar-refractivity contribution < 1.29 is 18.0 Å². The molecule has 3 aliphatic carbocycles. The first-order valence-corrected chi connectivity index (χ1v) is 5.25. The minimum Gasteiger partial charge on any atom is -0.298 e. The highest BCUT2D eigenvalue weighted by atomic mass is 19.4. The zero-order valence-corrected chi connectivity index (χ0v) is 8.79. The Balaban J connectivity index is 1.80. The van der Waals surface area contributed by atoms with Crippen molar-refractivity contribution in [3.8, 4) is 0 Å². The molecule has 3 fully saturated rings. The average Bonchev–Trinajstić information content (AvgIpc) is 2.12. The molecule has 0 N–H and O–H groups in total. The van der Waals surface area contributed by atoms with E-state index in [9.17, 15) is 18.0 Å². The van der Waals surface area contributed by atoms with Gasteiger partial charge < -0.3 is 0 Å². The molecule has 0 unspecified atom stereocenters. The van der Waals surface area contributed by atoms with Crippen LogP contribution in [0.5, 0.6) is 0 Å². The number of halogens is 3. The number of alkyl halides is 3. The summed E-state index contributed by atoms with van der Waals surface area (Å²) in [6, 6.07) is 0. The Morgan fingerprint density at radius 3 is 2.12 bits per heavy atom. The SMILES string of the molecule is O=Cc1cnc(C23CC(C(F)(F)F)(C2)C3)nc1. The van der Waals surface area contributed by atoms with Crippen LogP contribution >= 0.6 is 0 Å². The number of nitrogens with zero attached hydrogens (tertiary/aromatic N) is 2. The lowest BCUT2D eigenvalue weighted by Gasteiger charge is -2.69. The van der Waals surface area contributed by atoms with E-state index in [0.717, 1.165) is 0 Å². The Morgan fingerprint density at radius 1 is 1.18 bits per heavy atom. The molecule has 1 aromatic rings. The van der Waals surface area contributed by atoms with Gasteiger partial charge in [-0.25, -0.2) is 9.97 Å². The minimum absolute atomic E-state index is 0.0872. The van der Waals surface area contributed by atoms with Crippen LogP contribution in [0.1, 0.15) is 35.4 Å². The van der Waals surface area contributed by atoms with Gasteiger partial charge in [0.15, 0.2) is 6.29 Å². The van der Waals surface area contributed by atoms with Crippen LogP contribution in [0.15, 0.2) is 12.4 Å². The van der Waals surface area contributed by atoms with E-state index in [-0.39, 0.29) is 19.3 Å². The zero-order valence-electron chi connectivity index (χ0n) is 8.79. The molecule has 0 spiro atoms. The van der Waals surface area contributed by atoms with Gasteiger partial charge in [-0.05, 0) is 19.3 Å². The van der Waals surface area contributed by atoms with Crippen molar-refractivity contribution in [1.82, 2.24) is 9.97 Å². The Labute approximate surface area is 95.1 Å². The maximum absolute atomic E-state index is 12.6. The smallest absolute Gasteiger partial charge is 0.298 e. The molecule has 4 rings (SSSR count). The van der Waals surface area contributed by atoms with Crippen molar-refractivity contribution in [2.75, 3.05) is 0 Å². The van der Waals surface area contributed by atoms with Gasteiger partial charge in [0, 0.05) is 17.8 Å². The van der Waals surface area contributed by atoms with E-state index in [2.05, 4.69) is 9.97 Å². The lowest BCUT2D eigenvalue weighted by molar-refractivity contribution is -0.338. The fraction of sp³-hybridized carbons (Fsp3) is 0.545. The fourth-order valence-electron chi connectivity index (χ4n) is 3.00.